The quantitative estimate of drug-likeness (QED) is 0.123. The van der Waals surface area contributed by atoms with Crippen LogP contribution in [0.4, 0.5) is 0 Å². The van der Waals surface area contributed by atoms with Crippen LogP contribution < -0.4 is 8.79 Å². The van der Waals surface area contributed by atoms with Crippen molar-refractivity contribution in [3.8, 4) is 33.6 Å². The molecular weight excluding hydrogens is 910 g/mol. The van der Waals surface area contributed by atoms with E-state index in [4.69, 9.17) is 4.42 Å². The standard InChI is InChI=1S/C29H28GeNO.C15H18GeN.Ir/c1-19(2)21-15-16-31-27(17-21)26-8-6-7-25-24-14-11-22(18-28(24)32-29(25)26)20-9-12-23(13-10-20)30(3,4)5;1-12-10-15(13-8-6-5-7-9-13)17-11-14(12)16(2,3)4;/h6-7,9-19H,1-5H3;5-8,10-11H,1-4H3;/q2*-1;. The maximum atomic E-state index is 6.42. The molecule has 0 aliphatic rings. The summed E-state index contributed by atoms with van der Waals surface area (Å²) in [4.78, 5) is 9.21. The van der Waals surface area contributed by atoms with Crippen LogP contribution in [0.5, 0.6) is 0 Å². The first-order chi connectivity index (χ1) is 23.3. The van der Waals surface area contributed by atoms with Gasteiger partial charge in [-0.1, -0.05) is 19.4 Å². The monoisotopic (exact) mass is 959 g/mol. The predicted molar refractivity (Wildman–Crippen MR) is 215 cm³/mol. The summed E-state index contributed by atoms with van der Waals surface area (Å²) in [5.41, 5.74) is 10.7. The van der Waals surface area contributed by atoms with E-state index in [9.17, 15) is 0 Å². The van der Waals surface area contributed by atoms with Crippen molar-refractivity contribution < 1.29 is 24.5 Å². The van der Waals surface area contributed by atoms with Crippen molar-refractivity contribution >= 4 is 57.3 Å². The Balaban J connectivity index is 0.000000229. The Morgan fingerprint density at radius 3 is 2.06 bits per heavy atom. The minimum Gasteiger partial charge on any atom is 0 e. The summed E-state index contributed by atoms with van der Waals surface area (Å²) in [7, 11) is 0. The number of hydrogen-bond acceptors (Lipinski definition) is 3. The number of fused-ring (bicyclic) bond motifs is 3. The van der Waals surface area contributed by atoms with Crippen LogP contribution in [0, 0.1) is 19.1 Å². The Kier molecular flexibility index (Phi) is 11.8. The molecule has 4 aromatic carbocycles. The van der Waals surface area contributed by atoms with Gasteiger partial charge in [-0.25, -0.2) is 0 Å². The predicted octanol–water partition coefficient (Wildman–Crippen LogP) is 11.2. The van der Waals surface area contributed by atoms with E-state index >= 15 is 0 Å². The van der Waals surface area contributed by atoms with E-state index in [0.717, 1.165) is 44.5 Å². The van der Waals surface area contributed by atoms with Crippen molar-refractivity contribution in [2.24, 2.45) is 0 Å². The van der Waals surface area contributed by atoms with Gasteiger partial charge in [-0.2, -0.15) is 0 Å². The van der Waals surface area contributed by atoms with Gasteiger partial charge in [0.2, 0.25) is 0 Å². The molecule has 0 aliphatic carbocycles. The van der Waals surface area contributed by atoms with Gasteiger partial charge in [-0.15, -0.1) is 0 Å². The third-order valence-corrected chi connectivity index (χ3v) is 18.0. The molecule has 1 radical (unpaired) electrons. The third kappa shape index (κ3) is 8.42. The van der Waals surface area contributed by atoms with E-state index < -0.39 is 26.5 Å². The molecule has 0 atom stereocenters. The Morgan fingerprint density at radius 1 is 0.680 bits per heavy atom. The van der Waals surface area contributed by atoms with E-state index in [-0.39, 0.29) is 20.1 Å². The van der Waals surface area contributed by atoms with Gasteiger partial charge in [-0.05, 0) is 12.0 Å². The molecule has 0 amide bonds. The Labute approximate surface area is 317 Å². The number of pyridine rings is 2. The van der Waals surface area contributed by atoms with Crippen LogP contribution in [-0.2, 0) is 20.1 Å². The molecule has 3 aromatic heterocycles. The van der Waals surface area contributed by atoms with Crippen molar-refractivity contribution in [1.82, 2.24) is 9.97 Å². The smallest absolute Gasteiger partial charge is 0 e. The topological polar surface area (TPSA) is 38.9 Å². The number of nitrogens with zero attached hydrogens (tertiary/aromatic N) is 2. The zero-order valence-corrected chi connectivity index (χ0v) is 37.2. The maximum absolute atomic E-state index is 6.42. The fourth-order valence-electron chi connectivity index (χ4n) is 6.26. The number of hydrogen-bond donors (Lipinski definition) is 0. The molecule has 0 N–H and O–H groups in total. The molecule has 0 bridgehead atoms. The number of benzene rings is 4. The first-order valence-corrected chi connectivity index (χ1v) is 31.9. The van der Waals surface area contributed by atoms with E-state index in [0.29, 0.717) is 5.92 Å². The molecule has 3 nitrogen and oxygen atoms in total. The molecule has 3 heterocycles. The zero-order chi connectivity index (χ0) is 34.9. The molecular formula is C44H46Ge2IrN2O-2. The molecule has 6 heteroatoms. The average Bonchev–Trinajstić information content (AvgIpc) is 3.46. The fourth-order valence-corrected chi connectivity index (χ4v) is 12.3. The minimum absolute atomic E-state index is 0. The van der Waals surface area contributed by atoms with Gasteiger partial charge in [0.15, 0.2) is 0 Å². The summed E-state index contributed by atoms with van der Waals surface area (Å²) >= 11 is -3.58. The second kappa shape index (κ2) is 15.5. The van der Waals surface area contributed by atoms with Crippen LogP contribution >= 0.6 is 0 Å². The van der Waals surface area contributed by atoms with E-state index in [2.05, 4.69) is 156 Å². The molecule has 0 saturated heterocycles. The maximum Gasteiger partial charge on any atom is 0 e. The Morgan fingerprint density at radius 2 is 1.42 bits per heavy atom. The van der Waals surface area contributed by atoms with Crippen LogP contribution in [0.25, 0.3) is 55.6 Å². The van der Waals surface area contributed by atoms with Crippen LogP contribution in [0.1, 0.15) is 30.9 Å². The molecule has 257 valence electrons. The summed E-state index contributed by atoms with van der Waals surface area (Å²) in [5, 5.41) is 2.23. The number of aryl methyl sites for hydroxylation is 1. The molecule has 50 heavy (non-hydrogen) atoms. The minimum atomic E-state index is -1.81. The summed E-state index contributed by atoms with van der Waals surface area (Å²) < 4.78 is 9.43. The first-order valence-electron chi connectivity index (χ1n) is 17.2. The van der Waals surface area contributed by atoms with Crippen LogP contribution in [0.15, 0.2) is 114 Å². The second-order valence-electron chi connectivity index (χ2n) is 15.3. The van der Waals surface area contributed by atoms with E-state index in [1.165, 1.54) is 31.0 Å². The number of rotatable bonds is 6. The largest absolute Gasteiger partial charge is 0 e. The van der Waals surface area contributed by atoms with Gasteiger partial charge < -0.3 is 0 Å². The Hall–Kier alpha value is -3.28. The van der Waals surface area contributed by atoms with Crippen molar-refractivity contribution in [1.29, 1.82) is 0 Å². The number of aromatic nitrogens is 2. The van der Waals surface area contributed by atoms with Gasteiger partial charge in [0, 0.05) is 26.3 Å². The molecule has 7 aromatic rings. The fraction of sp³-hybridized carbons (Fsp3) is 0.227. The van der Waals surface area contributed by atoms with Crippen LogP contribution in [0.3, 0.4) is 0 Å². The van der Waals surface area contributed by atoms with Gasteiger partial charge >= 0.3 is 262 Å². The summed E-state index contributed by atoms with van der Waals surface area (Å²) in [6.45, 7) is 6.59. The van der Waals surface area contributed by atoms with E-state index in [1.807, 2.05) is 30.5 Å². The molecule has 7 rings (SSSR count). The summed E-state index contributed by atoms with van der Waals surface area (Å²) in [5.74, 6) is 14.9. The van der Waals surface area contributed by atoms with E-state index in [1.54, 1.807) is 0 Å². The third-order valence-electron chi connectivity index (χ3n) is 9.13. The average molecular weight is 956 g/mol. The summed E-state index contributed by atoms with van der Waals surface area (Å²) in [6, 6.07) is 40.7. The normalized spacial score (nSPS) is 11.7. The zero-order valence-electron chi connectivity index (χ0n) is 30.6. The van der Waals surface area contributed by atoms with Crippen LogP contribution in [-0.4, -0.2) is 36.5 Å². The first kappa shape index (κ1) is 38.0. The summed E-state index contributed by atoms with van der Waals surface area (Å²) in [6.07, 6.45) is 3.95. The van der Waals surface area contributed by atoms with Crippen LogP contribution in [0.2, 0.25) is 34.5 Å². The van der Waals surface area contributed by atoms with Gasteiger partial charge in [0.05, 0.1) is 0 Å². The van der Waals surface area contributed by atoms with Crippen molar-refractivity contribution in [2.45, 2.75) is 61.2 Å². The molecule has 0 unspecified atom stereocenters. The number of furan rings is 1. The molecule has 0 spiro atoms. The molecule has 0 saturated carbocycles. The Bertz CT molecular complexity index is 2230. The van der Waals surface area contributed by atoms with Crippen molar-refractivity contribution in [2.75, 3.05) is 0 Å². The van der Waals surface area contributed by atoms with Crippen molar-refractivity contribution in [3.05, 3.63) is 133 Å². The van der Waals surface area contributed by atoms with Gasteiger partial charge in [0.1, 0.15) is 0 Å². The van der Waals surface area contributed by atoms with Gasteiger partial charge in [-0.3, -0.25) is 0 Å². The van der Waals surface area contributed by atoms with Gasteiger partial charge in [0.25, 0.3) is 0 Å². The molecule has 0 aliphatic heterocycles. The SMILES string of the molecule is CC(C)c1ccnc(-c2[c-]ccc3c2oc2cc(-c4cc[c]([Ge]([CH3])([CH3])[CH3])cc4)ccc23)c1.Cc1cc(-c2[c-]cccc2)nc[c]1[Ge]([CH3])([CH3])[CH3].[Ir]. The second-order valence-corrected chi connectivity index (χ2v) is 36.5. The molecule has 0 fully saturated rings. The van der Waals surface area contributed by atoms with Crippen molar-refractivity contribution in [3.63, 3.8) is 0 Å².